The van der Waals surface area contributed by atoms with E-state index < -0.39 is 0 Å². The number of hydrogen-bond donors (Lipinski definition) is 1. The number of nitrogens with zero attached hydrogens (tertiary/aromatic N) is 1. The summed E-state index contributed by atoms with van der Waals surface area (Å²) in [4.78, 5) is 11.7. The van der Waals surface area contributed by atoms with E-state index in [2.05, 4.69) is 0 Å². The molecule has 84 valence electrons. The first-order valence-corrected chi connectivity index (χ1v) is 6.07. The molecule has 0 saturated carbocycles. The lowest BCUT2D eigenvalue weighted by molar-refractivity contribution is 0.101. The minimum absolute atomic E-state index is 0.150. The Hall–Kier alpha value is -0.740. The van der Waals surface area contributed by atoms with Crippen LogP contribution in [0.25, 0.3) is 0 Å². The minimum Gasteiger partial charge on any atom is -0.396 e. The van der Waals surface area contributed by atoms with Gasteiger partial charge in [-0.15, -0.1) is 0 Å². The molecule has 0 aliphatic heterocycles. The number of rotatable bonds is 6. The molecule has 1 heterocycles. The van der Waals surface area contributed by atoms with Crippen molar-refractivity contribution in [1.29, 1.82) is 0 Å². The zero-order chi connectivity index (χ0) is 11.3. The second-order valence-corrected chi connectivity index (χ2v) is 4.99. The summed E-state index contributed by atoms with van der Waals surface area (Å²) < 4.78 is 1.83. The van der Waals surface area contributed by atoms with E-state index in [1.165, 1.54) is 0 Å². The minimum atomic E-state index is 0.150. The van der Waals surface area contributed by atoms with Gasteiger partial charge in [0.05, 0.1) is 11.4 Å². The average Bonchev–Trinajstić information content (AvgIpc) is 2.61. The normalized spacial score (nSPS) is 12.7. The third-order valence-corrected chi connectivity index (χ3v) is 3.50. The number of aryl methyl sites for hydroxylation is 1. The third kappa shape index (κ3) is 3.72. The van der Waals surface area contributed by atoms with Gasteiger partial charge < -0.3 is 9.67 Å². The zero-order valence-electron chi connectivity index (χ0n) is 9.14. The van der Waals surface area contributed by atoms with Crippen molar-refractivity contribution in [3.63, 3.8) is 0 Å². The van der Waals surface area contributed by atoms with Crippen molar-refractivity contribution in [1.82, 2.24) is 4.57 Å². The van der Waals surface area contributed by atoms with Gasteiger partial charge in [0.2, 0.25) is 0 Å². The van der Waals surface area contributed by atoms with Gasteiger partial charge in [-0.1, -0.05) is 6.92 Å². The fourth-order valence-corrected chi connectivity index (χ4v) is 2.16. The van der Waals surface area contributed by atoms with E-state index in [0.717, 1.165) is 12.1 Å². The number of carbonyl (C=O) groups is 1. The van der Waals surface area contributed by atoms with E-state index in [9.17, 15) is 4.79 Å². The first-order chi connectivity index (χ1) is 7.15. The molecule has 1 aromatic rings. The lowest BCUT2D eigenvalue weighted by atomic mass is 10.3. The highest BCUT2D eigenvalue weighted by molar-refractivity contribution is 8.00. The number of carbonyl (C=O) groups excluding carboxylic acids is 1. The van der Waals surface area contributed by atoms with Crippen LogP contribution in [0.15, 0.2) is 18.3 Å². The van der Waals surface area contributed by atoms with E-state index in [-0.39, 0.29) is 12.4 Å². The molecule has 3 nitrogen and oxygen atoms in total. The van der Waals surface area contributed by atoms with E-state index in [1.807, 2.05) is 36.9 Å². The molecule has 1 rings (SSSR count). The number of aromatic nitrogens is 1. The third-order valence-electron chi connectivity index (χ3n) is 2.26. The highest BCUT2D eigenvalue weighted by atomic mass is 32.2. The molecule has 0 bridgehead atoms. The van der Waals surface area contributed by atoms with Crippen molar-refractivity contribution in [2.24, 2.45) is 7.05 Å². The maximum absolute atomic E-state index is 11.7. The molecular weight excluding hydrogens is 210 g/mol. The number of aliphatic hydroxyl groups is 1. The van der Waals surface area contributed by atoms with Crippen molar-refractivity contribution >= 4 is 17.5 Å². The molecule has 1 atom stereocenters. The van der Waals surface area contributed by atoms with Gasteiger partial charge in [-0.2, -0.15) is 11.8 Å². The van der Waals surface area contributed by atoms with Gasteiger partial charge in [-0.3, -0.25) is 4.79 Å². The first kappa shape index (κ1) is 12.3. The maximum atomic E-state index is 11.7. The molecule has 0 saturated heterocycles. The molecule has 0 spiro atoms. The summed E-state index contributed by atoms with van der Waals surface area (Å²) >= 11 is 1.59. The maximum Gasteiger partial charge on any atom is 0.189 e. The predicted octanol–water partition coefficient (Wildman–Crippen LogP) is 1.71. The Bertz CT molecular complexity index is 322. The van der Waals surface area contributed by atoms with Gasteiger partial charge in [0, 0.05) is 25.1 Å². The van der Waals surface area contributed by atoms with E-state index in [1.54, 1.807) is 11.8 Å². The Morgan fingerprint density at radius 2 is 2.40 bits per heavy atom. The van der Waals surface area contributed by atoms with Gasteiger partial charge in [0.15, 0.2) is 5.78 Å². The molecule has 0 aliphatic carbocycles. The number of ketones is 1. The largest absolute Gasteiger partial charge is 0.396 e. The molecule has 0 radical (unpaired) electrons. The second kappa shape index (κ2) is 5.98. The lowest BCUT2D eigenvalue weighted by Gasteiger charge is -2.08. The Labute approximate surface area is 94.5 Å². The van der Waals surface area contributed by atoms with Crippen molar-refractivity contribution < 1.29 is 9.90 Å². The molecule has 0 aromatic carbocycles. The average molecular weight is 227 g/mol. The smallest absolute Gasteiger partial charge is 0.189 e. The molecule has 15 heavy (non-hydrogen) atoms. The lowest BCUT2D eigenvalue weighted by Crippen LogP contribution is -2.10. The molecule has 1 aromatic heterocycles. The van der Waals surface area contributed by atoms with Gasteiger partial charge in [-0.25, -0.2) is 0 Å². The number of hydrogen-bond acceptors (Lipinski definition) is 3. The van der Waals surface area contributed by atoms with Crippen LogP contribution in [0, 0.1) is 0 Å². The van der Waals surface area contributed by atoms with Crippen LogP contribution in [-0.4, -0.2) is 33.1 Å². The fraction of sp³-hybridized carbons (Fsp3) is 0.545. The molecule has 4 heteroatoms. The van der Waals surface area contributed by atoms with Crippen LogP contribution in [-0.2, 0) is 7.05 Å². The fourth-order valence-electron chi connectivity index (χ4n) is 1.31. The molecule has 1 unspecified atom stereocenters. The molecule has 0 fully saturated rings. The van der Waals surface area contributed by atoms with Gasteiger partial charge in [0.1, 0.15) is 0 Å². The van der Waals surface area contributed by atoms with Crippen LogP contribution in [0.4, 0.5) is 0 Å². The summed E-state index contributed by atoms with van der Waals surface area (Å²) in [6.45, 7) is 2.21. The molecule has 1 N–H and O–H groups in total. The van der Waals surface area contributed by atoms with Crippen LogP contribution >= 0.6 is 11.8 Å². The zero-order valence-corrected chi connectivity index (χ0v) is 9.96. The Morgan fingerprint density at radius 3 is 2.93 bits per heavy atom. The summed E-state index contributed by atoms with van der Waals surface area (Å²) in [5.41, 5.74) is 0.749. The summed E-state index contributed by atoms with van der Waals surface area (Å²) in [5.74, 6) is 0.635. The standard InChI is InChI=1S/C11H17NO2S/c1-9(5-7-13)15-8-11(14)10-4-3-6-12(10)2/h3-4,6,9,13H,5,7-8H2,1-2H3. The second-order valence-electron chi connectivity index (χ2n) is 3.56. The Morgan fingerprint density at radius 1 is 1.67 bits per heavy atom. The van der Waals surface area contributed by atoms with Crippen molar-refractivity contribution in [3.05, 3.63) is 24.0 Å². The van der Waals surface area contributed by atoms with E-state index in [4.69, 9.17) is 5.11 Å². The number of aliphatic hydroxyl groups excluding tert-OH is 1. The van der Waals surface area contributed by atoms with Crippen molar-refractivity contribution in [3.8, 4) is 0 Å². The van der Waals surface area contributed by atoms with Crippen LogP contribution in [0.5, 0.6) is 0 Å². The van der Waals surface area contributed by atoms with Crippen molar-refractivity contribution in [2.75, 3.05) is 12.4 Å². The first-order valence-electron chi connectivity index (χ1n) is 5.02. The van der Waals surface area contributed by atoms with Gasteiger partial charge in [0.25, 0.3) is 0 Å². The Balaban J connectivity index is 2.40. The van der Waals surface area contributed by atoms with Gasteiger partial charge in [-0.05, 0) is 18.6 Å². The monoisotopic (exact) mass is 227 g/mol. The topological polar surface area (TPSA) is 42.2 Å². The SMILES string of the molecule is CC(CCO)SCC(=O)c1cccn1C. The van der Waals surface area contributed by atoms with Crippen molar-refractivity contribution in [2.45, 2.75) is 18.6 Å². The Kier molecular flexibility index (Phi) is 4.91. The number of thioether (sulfide) groups is 1. The number of Topliss-reactive ketones (excluding diaryl/α,β-unsaturated/α-hetero) is 1. The summed E-state index contributed by atoms with van der Waals surface area (Å²) in [6, 6.07) is 3.70. The quantitative estimate of drug-likeness (QED) is 0.752. The summed E-state index contributed by atoms with van der Waals surface area (Å²) in [6.07, 6.45) is 2.61. The van der Waals surface area contributed by atoms with E-state index >= 15 is 0 Å². The molecule has 0 aliphatic rings. The molecular formula is C11H17NO2S. The predicted molar refractivity (Wildman–Crippen MR) is 63.4 cm³/mol. The highest BCUT2D eigenvalue weighted by Crippen LogP contribution is 2.15. The summed E-state index contributed by atoms with van der Waals surface area (Å²) in [7, 11) is 1.87. The van der Waals surface area contributed by atoms with Crippen LogP contribution in [0.3, 0.4) is 0 Å². The summed E-state index contributed by atoms with van der Waals surface area (Å²) in [5, 5.41) is 9.06. The molecule has 0 amide bonds. The highest BCUT2D eigenvalue weighted by Gasteiger charge is 2.11. The van der Waals surface area contributed by atoms with E-state index in [0.29, 0.717) is 11.0 Å². The van der Waals surface area contributed by atoms with Gasteiger partial charge >= 0.3 is 0 Å². The van der Waals surface area contributed by atoms with Crippen LogP contribution in [0.1, 0.15) is 23.8 Å². The van der Waals surface area contributed by atoms with Crippen LogP contribution in [0.2, 0.25) is 0 Å². The van der Waals surface area contributed by atoms with Crippen LogP contribution < -0.4 is 0 Å².